The van der Waals surface area contributed by atoms with Crippen LogP contribution in [-0.4, -0.2) is 53.0 Å². The Morgan fingerprint density at radius 2 is 1.92 bits per heavy atom. The normalized spacial score (nSPS) is 32.3. The summed E-state index contributed by atoms with van der Waals surface area (Å²) in [5.41, 5.74) is 0. The number of rotatable bonds is 3. The van der Waals surface area contributed by atoms with E-state index in [4.69, 9.17) is 0 Å². The summed E-state index contributed by atoms with van der Waals surface area (Å²) in [6.07, 6.45) is 1.33. The van der Waals surface area contributed by atoms with E-state index >= 15 is 0 Å². The first kappa shape index (κ1) is 11.7. The Balaban J connectivity index is 2.37. The predicted molar refractivity (Wildman–Crippen MR) is 66.6 cm³/mol. The lowest BCUT2D eigenvalue weighted by molar-refractivity contribution is 0.0606. The van der Waals surface area contributed by atoms with Crippen LogP contribution in [-0.2, 0) is 0 Å². The first-order valence-corrected chi connectivity index (χ1v) is 6.68. The summed E-state index contributed by atoms with van der Waals surface area (Å²) in [6.45, 7) is 8.41. The van der Waals surface area contributed by atoms with Crippen LogP contribution in [0.25, 0.3) is 0 Å². The van der Waals surface area contributed by atoms with E-state index in [1.165, 1.54) is 30.5 Å². The second kappa shape index (κ2) is 5.51. The van der Waals surface area contributed by atoms with E-state index in [0.717, 1.165) is 12.1 Å². The fourth-order valence-electron chi connectivity index (χ4n) is 1.95. The molecule has 2 unspecified atom stereocenters. The lowest BCUT2D eigenvalue weighted by atomic mass is 10.1. The molecule has 0 aromatic heterocycles. The molecule has 3 heteroatoms. The zero-order valence-corrected chi connectivity index (χ0v) is 11.1. The standard InChI is InChI=1S/C10H21IN2/c1-9-8-13(6-4-5-11)10(2)7-12(9)3/h9-10H,4-8H2,1-3H3. The summed E-state index contributed by atoms with van der Waals surface area (Å²) in [5.74, 6) is 0. The molecule has 1 rings (SSSR count). The van der Waals surface area contributed by atoms with Crippen LogP contribution in [0.1, 0.15) is 20.3 Å². The van der Waals surface area contributed by atoms with Crippen LogP contribution in [0.2, 0.25) is 0 Å². The van der Waals surface area contributed by atoms with Crippen LogP contribution in [0.4, 0.5) is 0 Å². The van der Waals surface area contributed by atoms with E-state index < -0.39 is 0 Å². The molecule has 0 aromatic carbocycles. The molecule has 0 aromatic rings. The Kier molecular flexibility index (Phi) is 4.97. The van der Waals surface area contributed by atoms with Crippen molar-refractivity contribution in [2.24, 2.45) is 0 Å². The molecule has 1 fully saturated rings. The average Bonchev–Trinajstić information content (AvgIpc) is 2.09. The highest BCUT2D eigenvalue weighted by atomic mass is 127. The summed E-state index contributed by atoms with van der Waals surface area (Å²) in [5, 5.41) is 0. The van der Waals surface area contributed by atoms with Crippen LogP contribution < -0.4 is 0 Å². The molecule has 0 bridgehead atoms. The molecule has 78 valence electrons. The zero-order chi connectivity index (χ0) is 9.84. The number of nitrogens with zero attached hydrogens (tertiary/aromatic N) is 2. The lowest BCUT2D eigenvalue weighted by Crippen LogP contribution is -2.54. The van der Waals surface area contributed by atoms with Crippen molar-refractivity contribution < 1.29 is 0 Å². The van der Waals surface area contributed by atoms with Crippen molar-refractivity contribution >= 4 is 22.6 Å². The van der Waals surface area contributed by atoms with Crippen LogP contribution in [0.3, 0.4) is 0 Å². The molecule has 0 aliphatic carbocycles. The smallest absolute Gasteiger partial charge is 0.0195 e. The van der Waals surface area contributed by atoms with E-state index in [0.29, 0.717) is 0 Å². The maximum absolute atomic E-state index is 2.63. The van der Waals surface area contributed by atoms with Gasteiger partial charge in [0, 0.05) is 29.6 Å². The molecule has 0 amide bonds. The second-order valence-corrected chi connectivity index (χ2v) is 5.25. The monoisotopic (exact) mass is 296 g/mol. The number of likely N-dealkylation sites (N-methyl/N-ethyl adjacent to an activating group) is 1. The van der Waals surface area contributed by atoms with Gasteiger partial charge in [0.15, 0.2) is 0 Å². The summed E-state index contributed by atoms with van der Waals surface area (Å²) < 4.78 is 1.28. The van der Waals surface area contributed by atoms with E-state index in [-0.39, 0.29) is 0 Å². The molecule has 1 heterocycles. The minimum atomic E-state index is 0.727. The molecule has 1 saturated heterocycles. The minimum Gasteiger partial charge on any atom is -0.301 e. The van der Waals surface area contributed by atoms with Gasteiger partial charge in [-0.3, -0.25) is 4.90 Å². The van der Waals surface area contributed by atoms with Gasteiger partial charge in [-0.15, -0.1) is 0 Å². The Bertz CT molecular complexity index is 152. The van der Waals surface area contributed by atoms with Gasteiger partial charge < -0.3 is 4.90 Å². The fraction of sp³-hybridized carbons (Fsp3) is 1.00. The lowest BCUT2D eigenvalue weighted by Gasteiger charge is -2.42. The molecular weight excluding hydrogens is 275 g/mol. The summed E-state index contributed by atoms with van der Waals surface area (Å²) in [7, 11) is 2.23. The predicted octanol–water partition coefficient (Wildman–Crippen LogP) is 1.84. The minimum absolute atomic E-state index is 0.727. The largest absolute Gasteiger partial charge is 0.301 e. The molecule has 1 aliphatic heterocycles. The molecule has 2 atom stereocenters. The molecule has 0 N–H and O–H groups in total. The van der Waals surface area contributed by atoms with Crippen LogP contribution in [0.5, 0.6) is 0 Å². The van der Waals surface area contributed by atoms with E-state index in [2.05, 4.69) is 53.3 Å². The fourth-order valence-corrected chi connectivity index (χ4v) is 2.29. The van der Waals surface area contributed by atoms with Gasteiger partial charge in [0.1, 0.15) is 0 Å². The van der Waals surface area contributed by atoms with Gasteiger partial charge in [-0.1, -0.05) is 22.6 Å². The van der Waals surface area contributed by atoms with E-state index in [9.17, 15) is 0 Å². The highest BCUT2D eigenvalue weighted by Gasteiger charge is 2.25. The molecule has 0 radical (unpaired) electrons. The van der Waals surface area contributed by atoms with Gasteiger partial charge >= 0.3 is 0 Å². The maximum Gasteiger partial charge on any atom is 0.0195 e. The van der Waals surface area contributed by atoms with Gasteiger partial charge in [-0.2, -0.15) is 0 Å². The summed E-state index contributed by atoms with van der Waals surface area (Å²) in [6, 6.07) is 1.47. The molecular formula is C10H21IN2. The van der Waals surface area contributed by atoms with E-state index in [1.54, 1.807) is 0 Å². The quantitative estimate of drug-likeness (QED) is 0.579. The van der Waals surface area contributed by atoms with Gasteiger partial charge in [0.05, 0.1) is 0 Å². The summed E-state index contributed by atoms with van der Waals surface area (Å²) in [4.78, 5) is 5.09. The van der Waals surface area contributed by atoms with Crippen molar-refractivity contribution in [1.82, 2.24) is 9.80 Å². The van der Waals surface area contributed by atoms with E-state index in [1.807, 2.05) is 0 Å². The Labute approximate surface area is 95.8 Å². The van der Waals surface area contributed by atoms with Crippen molar-refractivity contribution in [1.29, 1.82) is 0 Å². The topological polar surface area (TPSA) is 6.48 Å². The maximum atomic E-state index is 2.63. The molecule has 0 spiro atoms. The SMILES string of the molecule is CC1CN(CCCI)C(C)CN1C. The van der Waals surface area contributed by atoms with Crippen molar-refractivity contribution in [3.63, 3.8) is 0 Å². The van der Waals surface area contributed by atoms with Crippen molar-refractivity contribution in [3.8, 4) is 0 Å². The second-order valence-electron chi connectivity index (χ2n) is 4.18. The third-order valence-electron chi connectivity index (χ3n) is 3.01. The van der Waals surface area contributed by atoms with Crippen molar-refractivity contribution in [2.75, 3.05) is 31.1 Å². The number of alkyl halides is 1. The van der Waals surface area contributed by atoms with Gasteiger partial charge in [-0.25, -0.2) is 0 Å². The number of halogens is 1. The number of hydrogen-bond donors (Lipinski definition) is 0. The number of hydrogen-bond acceptors (Lipinski definition) is 2. The summed E-state index contributed by atoms with van der Waals surface area (Å²) >= 11 is 2.46. The van der Waals surface area contributed by atoms with Crippen molar-refractivity contribution in [2.45, 2.75) is 32.4 Å². The highest BCUT2D eigenvalue weighted by molar-refractivity contribution is 14.1. The van der Waals surface area contributed by atoms with Gasteiger partial charge in [-0.05, 0) is 33.9 Å². The third kappa shape index (κ3) is 3.36. The zero-order valence-electron chi connectivity index (χ0n) is 8.96. The van der Waals surface area contributed by atoms with Gasteiger partial charge in [0.2, 0.25) is 0 Å². The molecule has 1 aliphatic rings. The number of piperazine rings is 1. The molecule has 2 nitrogen and oxygen atoms in total. The highest BCUT2D eigenvalue weighted by Crippen LogP contribution is 2.13. The van der Waals surface area contributed by atoms with Crippen LogP contribution in [0, 0.1) is 0 Å². The Morgan fingerprint density at radius 1 is 1.23 bits per heavy atom. The van der Waals surface area contributed by atoms with Crippen LogP contribution in [0.15, 0.2) is 0 Å². The Hall–Kier alpha value is 0.650. The van der Waals surface area contributed by atoms with Gasteiger partial charge in [0.25, 0.3) is 0 Å². The first-order valence-electron chi connectivity index (χ1n) is 5.15. The Morgan fingerprint density at radius 3 is 2.54 bits per heavy atom. The van der Waals surface area contributed by atoms with Crippen molar-refractivity contribution in [3.05, 3.63) is 0 Å². The third-order valence-corrected chi connectivity index (χ3v) is 3.77. The molecule has 13 heavy (non-hydrogen) atoms. The van der Waals surface area contributed by atoms with Crippen LogP contribution >= 0.6 is 22.6 Å². The first-order chi connectivity index (χ1) is 6.15. The molecule has 0 saturated carbocycles. The average molecular weight is 296 g/mol.